The summed E-state index contributed by atoms with van der Waals surface area (Å²) in [5.41, 5.74) is 4.99. The van der Waals surface area contributed by atoms with Crippen LogP contribution in [0.2, 0.25) is 0 Å². The van der Waals surface area contributed by atoms with Gasteiger partial charge < -0.3 is 4.98 Å². The molecule has 0 atom stereocenters. The molecule has 1 aliphatic heterocycles. The molecule has 1 aromatic carbocycles. The second-order valence-corrected chi connectivity index (χ2v) is 6.70. The predicted molar refractivity (Wildman–Crippen MR) is 92.2 cm³/mol. The first-order chi connectivity index (χ1) is 11.2. The van der Waals surface area contributed by atoms with Crippen molar-refractivity contribution in [3.8, 4) is 0 Å². The zero-order chi connectivity index (χ0) is 15.8. The lowest BCUT2D eigenvalue weighted by Crippen LogP contribution is -2.31. The lowest BCUT2D eigenvalue weighted by atomic mass is 10.1. The summed E-state index contributed by atoms with van der Waals surface area (Å²) in [6, 6.07) is 10.7. The van der Waals surface area contributed by atoms with Crippen LogP contribution in [0.4, 0.5) is 0 Å². The molecule has 3 heterocycles. The van der Waals surface area contributed by atoms with Crippen LogP contribution in [0.1, 0.15) is 42.5 Å². The van der Waals surface area contributed by atoms with E-state index in [0.29, 0.717) is 5.92 Å². The van der Waals surface area contributed by atoms with Gasteiger partial charge in [0.15, 0.2) is 0 Å². The van der Waals surface area contributed by atoms with Crippen LogP contribution < -0.4 is 0 Å². The highest BCUT2D eigenvalue weighted by Crippen LogP contribution is 2.22. The molecule has 4 heteroatoms. The third-order valence-electron chi connectivity index (χ3n) is 4.53. The quantitative estimate of drug-likeness (QED) is 0.803. The van der Waals surface area contributed by atoms with E-state index < -0.39 is 0 Å². The van der Waals surface area contributed by atoms with Crippen LogP contribution in [-0.2, 0) is 19.5 Å². The fourth-order valence-electron chi connectivity index (χ4n) is 3.26. The van der Waals surface area contributed by atoms with E-state index in [-0.39, 0.29) is 0 Å². The number of fused-ring (bicyclic) bond motifs is 2. The van der Waals surface area contributed by atoms with Crippen molar-refractivity contribution in [2.24, 2.45) is 0 Å². The molecule has 0 radical (unpaired) electrons. The molecule has 0 fully saturated rings. The summed E-state index contributed by atoms with van der Waals surface area (Å²) in [4.78, 5) is 15.2. The molecule has 0 bridgehead atoms. The summed E-state index contributed by atoms with van der Waals surface area (Å²) >= 11 is 0. The lowest BCUT2D eigenvalue weighted by Gasteiger charge is -2.27. The Balaban J connectivity index is 1.51. The Kier molecular flexibility index (Phi) is 3.62. The highest BCUT2D eigenvalue weighted by molar-refractivity contribution is 5.80. The van der Waals surface area contributed by atoms with E-state index in [1.54, 1.807) is 0 Å². The number of nitrogens with zero attached hydrogens (tertiary/aromatic N) is 3. The van der Waals surface area contributed by atoms with Gasteiger partial charge in [-0.25, -0.2) is 9.97 Å². The topological polar surface area (TPSA) is 44.8 Å². The smallest absolute Gasteiger partial charge is 0.131 e. The predicted octanol–water partition coefficient (Wildman–Crippen LogP) is 3.64. The van der Waals surface area contributed by atoms with E-state index >= 15 is 0 Å². The summed E-state index contributed by atoms with van der Waals surface area (Å²) in [6.45, 7) is 7.22. The van der Waals surface area contributed by atoms with Gasteiger partial charge in [-0.2, -0.15) is 0 Å². The molecule has 0 spiro atoms. The Morgan fingerprint density at radius 2 is 2.13 bits per heavy atom. The minimum atomic E-state index is 0.393. The highest BCUT2D eigenvalue weighted by Gasteiger charge is 2.19. The van der Waals surface area contributed by atoms with Crippen molar-refractivity contribution < 1.29 is 0 Å². The molecule has 1 aliphatic rings. The highest BCUT2D eigenvalue weighted by atomic mass is 15.1. The number of H-pyrrole nitrogens is 1. The maximum Gasteiger partial charge on any atom is 0.131 e. The van der Waals surface area contributed by atoms with Crippen molar-refractivity contribution in [3.05, 3.63) is 59.3 Å². The molecule has 4 nitrogen and oxygen atoms in total. The molecule has 1 N–H and O–H groups in total. The third-order valence-corrected chi connectivity index (χ3v) is 4.53. The molecule has 23 heavy (non-hydrogen) atoms. The van der Waals surface area contributed by atoms with Crippen molar-refractivity contribution in [2.75, 3.05) is 6.54 Å². The molecule has 2 aromatic heterocycles. The Labute approximate surface area is 136 Å². The zero-order valence-electron chi connectivity index (χ0n) is 13.7. The van der Waals surface area contributed by atoms with Crippen LogP contribution >= 0.6 is 0 Å². The van der Waals surface area contributed by atoms with Crippen LogP contribution in [0.5, 0.6) is 0 Å². The zero-order valence-corrected chi connectivity index (χ0v) is 13.7. The molecule has 0 unspecified atom stereocenters. The molecule has 3 aromatic rings. The normalized spacial score (nSPS) is 15.3. The number of hydrogen-bond donors (Lipinski definition) is 1. The number of nitrogens with one attached hydrogen (secondary N) is 1. The molecule has 0 saturated carbocycles. The summed E-state index contributed by atoms with van der Waals surface area (Å²) in [5.74, 6) is 1.36. The second kappa shape index (κ2) is 5.78. The van der Waals surface area contributed by atoms with Crippen LogP contribution in [0.3, 0.4) is 0 Å². The first-order valence-corrected chi connectivity index (χ1v) is 8.33. The monoisotopic (exact) mass is 306 g/mol. The minimum Gasteiger partial charge on any atom is -0.357 e. The standard InChI is InChI=1S/C19H22N4/c1-13(2)19-20-10-15-11-23(8-7-18(15)22-19)12-16-9-14-5-3-4-6-17(14)21-16/h3-6,9-10,13,21H,7-8,11-12H2,1-2H3. The second-order valence-electron chi connectivity index (χ2n) is 6.70. The maximum absolute atomic E-state index is 4.74. The van der Waals surface area contributed by atoms with Gasteiger partial charge in [0, 0.05) is 60.6 Å². The molecular formula is C19H22N4. The molecule has 4 rings (SSSR count). The fraction of sp³-hybridized carbons (Fsp3) is 0.368. The van der Waals surface area contributed by atoms with Crippen LogP contribution in [0.15, 0.2) is 36.5 Å². The average molecular weight is 306 g/mol. The molecule has 118 valence electrons. The van der Waals surface area contributed by atoms with Gasteiger partial charge in [0.25, 0.3) is 0 Å². The summed E-state index contributed by atoms with van der Waals surface area (Å²) in [6.07, 6.45) is 3.03. The van der Waals surface area contributed by atoms with E-state index in [2.05, 4.69) is 59.0 Å². The van der Waals surface area contributed by atoms with Gasteiger partial charge in [0.1, 0.15) is 5.82 Å². The number of rotatable bonds is 3. The van der Waals surface area contributed by atoms with Crippen molar-refractivity contribution in [2.45, 2.75) is 39.3 Å². The van der Waals surface area contributed by atoms with Crippen LogP contribution in [-0.4, -0.2) is 26.4 Å². The van der Waals surface area contributed by atoms with Gasteiger partial charge in [-0.1, -0.05) is 32.0 Å². The molecule has 0 saturated heterocycles. The number of para-hydroxylation sites is 1. The van der Waals surface area contributed by atoms with Crippen molar-refractivity contribution >= 4 is 10.9 Å². The maximum atomic E-state index is 4.74. The Morgan fingerprint density at radius 1 is 1.26 bits per heavy atom. The van der Waals surface area contributed by atoms with Gasteiger partial charge in [-0.3, -0.25) is 4.90 Å². The van der Waals surface area contributed by atoms with Crippen molar-refractivity contribution in [1.82, 2.24) is 19.9 Å². The molecular weight excluding hydrogens is 284 g/mol. The van der Waals surface area contributed by atoms with E-state index in [1.165, 1.54) is 27.9 Å². The SMILES string of the molecule is CC(C)c1ncc2c(n1)CCN(Cc1cc3ccccc3[nH]1)C2. The van der Waals surface area contributed by atoms with Gasteiger partial charge in [-0.15, -0.1) is 0 Å². The van der Waals surface area contributed by atoms with Crippen molar-refractivity contribution in [3.63, 3.8) is 0 Å². The molecule has 0 aliphatic carbocycles. The van der Waals surface area contributed by atoms with Gasteiger partial charge in [0.2, 0.25) is 0 Å². The Hall–Kier alpha value is -2.20. The van der Waals surface area contributed by atoms with Crippen LogP contribution in [0, 0.1) is 0 Å². The lowest BCUT2D eigenvalue weighted by molar-refractivity contribution is 0.240. The first-order valence-electron chi connectivity index (χ1n) is 8.33. The molecule has 0 amide bonds. The number of aromatic nitrogens is 3. The summed E-state index contributed by atoms with van der Waals surface area (Å²) in [7, 11) is 0. The van der Waals surface area contributed by atoms with E-state index in [9.17, 15) is 0 Å². The van der Waals surface area contributed by atoms with Gasteiger partial charge in [-0.05, 0) is 17.5 Å². The van der Waals surface area contributed by atoms with E-state index in [1.807, 2.05) is 6.20 Å². The largest absolute Gasteiger partial charge is 0.357 e. The number of benzene rings is 1. The third kappa shape index (κ3) is 2.86. The van der Waals surface area contributed by atoms with Gasteiger partial charge >= 0.3 is 0 Å². The summed E-state index contributed by atoms with van der Waals surface area (Å²) < 4.78 is 0. The number of hydrogen-bond acceptors (Lipinski definition) is 3. The average Bonchev–Trinajstić information content (AvgIpc) is 2.96. The fourth-order valence-corrected chi connectivity index (χ4v) is 3.26. The Morgan fingerprint density at radius 3 is 2.96 bits per heavy atom. The first kappa shape index (κ1) is 14.4. The van der Waals surface area contributed by atoms with E-state index in [0.717, 1.165) is 31.9 Å². The van der Waals surface area contributed by atoms with E-state index in [4.69, 9.17) is 4.98 Å². The van der Waals surface area contributed by atoms with Crippen molar-refractivity contribution in [1.29, 1.82) is 0 Å². The van der Waals surface area contributed by atoms with Crippen LogP contribution in [0.25, 0.3) is 10.9 Å². The number of aromatic amines is 1. The van der Waals surface area contributed by atoms with Gasteiger partial charge in [0.05, 0.1) is 0 Å². The summed E-state index contributed by atoms with van der Waals surface area (Å²) in [5, 5.41) is 1.28. The Bertz CT molecular complexity index is 801. The minimum absolute atomic E-state index is 0.393.